The largest absolute Gasteiger partial charge is 0.378 e. The van der Waals surface area contributed by atoms with E-state index >= 15 is 0 Å². The van der Waals surface area contributed by atoms with Gasteiger partial charge in [0.15, 0.2) is 0 Å². The maximum Gasteiger partial charge on any atom is 0.249 e. The zero-order chi connectivity index (χ0) is 13.0. The van der Waals surface area contributed by atoms with Crippen molar-refractivity contribution in [1.29, 1.82) is 0 Å². The molecule has 3 unspecified atom stereocenters. The molecule has 2 aliphatic heterocycles. The summed E-state index contributed by atoms with van der Waals surface area (Å²) in [5.41, 5.74) is 5.15. The Morgan fingerprint density at radius 2 is 2.39 bits per heavy atom. The number of nitrogens with two attached hydrogens (primary N) is 1. The molecule has 1 amide bonds. The van der Waals surface area contributed by atoms with Crippen LogP contribution in [0.15, 0.2) is 0 Å². The second kappa shape index (κ2) is 5.97. The van der Waals surface area contributed by atoms with Crippen molar-refractivity contribution >= 4 is 5.91 Å². The molecule has 3 atom stereocenters. The number of rotatable bonds is 5. The van der Waals surface area contributed by atoms with Crippen LogP contribution in [0.1, 0.15) is 19.3 Å². The monoisotopic (exact) mass is 258 g/mol. The Morgan fingerprint density at radius 3 is 2.94 bits per heavy atom. The molecule has 6 heteroatoms. The predicted octanol–water partition coefficient (Wildman–Crippen LogP) is -0.586. The van der Waals surface area contributed by atoms with Crippen molar-refractivity contribution in [3.63, 3.8) is 0 Å². The first-order valence-corrected chi connectivity index (χ1v) is 6.45. The molecule has 0 aromatic carbocycles. The molecule has 0 saturated carbocycles. The van der Waals surface area contributed by atoms with Crippen molar-refractivity contribution in [1.82, 2.24) is 5.32 Å². The van der Waals surface area contributed by atoms with E-state index in [0.717, 1.165) is 19.3 Å². The lowest BCUT2D eigenvalue weighted by molar-refractivity contribution is -0.133. The number of methoxy groups -OCH3 is 1. The molecule has 2 aliphatic rings. The molecule has 2 saturated heterocycles. The molecule has 6 nitrogen and oxygen atoms in total. The molecule has 0 spiro atoms. The maximum atomic E-state index is 11.9. The van der Waals surface area contributed by atoms with Gasteiger partial charge in [0.2, 0.25) is 5.91 Å². The van der Waals surface area contributed by atoms with Crippen LogP contribution in [0.5, 0.6) is 0 Å². The lowest BCUT2D eigenvalue weighted by Gasteiger charge is -2.26. The molecular formula is C12H22N2O4. The summed E-state index contributed by atoms with van der Waals surface area (Å²) < 4.78 is 16.3. The first-order valence-electron chi connectivity index (χ1n) is 6.45. The SMILES string of the molecule is COC1(CNC(=O)C2CCC(CN)O2)CCOC1. The third kappa shape index (κ3) is 3.00. The van der Waals surface area contributed by atoms with Crippen molar-refractivity contribution < 1.29 is 19.0 Å². The fourth-order valence-corrected chi connectivity index (χ4v) is 2.40. The molecule has 104 valence electrons. The average molecular weight is 258 g/mol. The van der Waals surface area contributed by atoms with Gasteiger partial charge in [-0.25, -0.2) is 0 Å². The van der Waals surface area contributed by atoms with Crippen LogP contribution in [-0.2, 0) is 19.0 Å². The topological polar surface area (TPSA) is 82.8 Å². The van der Waals surface area contributed by atoms with E-state index in [4.69, 9.17) is 19.9 Å². The fourth-order valence-electron chi connectivity index (χ4n) is 2.40. The highest BCUT2D eigenvalue weighted by Crippen LogP contribution is 2.22. The zero-order valence-electron chi connectivity index (χ0n) is 10.8. The van der Waals surface area contributed by atoms with Gasteiger partial charge in [-0.1, -0.05) is 0 Å². The Bertz CT molecular complexity index is 292. The van der Waals surface area contributed by atoms with Gasteiger partial charge in [0.1, 0.15) is 11.7 Å². The fraction of sp³-hybridized carbons (Fsp3) is 0.917. The first kappa shape index (κ1) is 13.7. The van der Waals surface area contributed by atoms with Gasteiger partial charge in [-0.3, -0.25) is 4.79 Å². The number of hydrogen-bond donors (Lipinski definition) is 2. The molecular weight excluding hydrogens is 236 g/mol. The molecule has 0 aliphatic carbocycles. The van der Waals surface area contributed by atoms with Crippen LogP contribution < -0.4 is 11.1 Å². The highest BCUT2D eigenvalue weighted by molar-refractivity contribution is 5.81. The number of carbonyl (C=O) groups is 1. The van der Waals surface area contributed by atoms with Gasteiger partial charge in [0, 0.05) is 33.2 Å². The minimum absolute atomic E-state index is 0.0203. The van der Waals surface area contributed by atoms with Crippen molar-refractivity contribution in [2.75, 3.05) is 33.4 Å². The Hall–Kier alpha value is -0.690. The van der Waals surface area contributed by atoms with Crippen LogP contribution in [0.4, 0.5) is 0 Å². The van der Waals surface area contributed by atoms with Crippen molar-refractivity contribution in [2.24, 2.45) is 5.73 Å². The molecule has 2 rings (SSSR count). The van der Waals surface area contributed by atoms with Crippen LogP contribution >= 0.6 is 0 Å². The summed E-state index contributed by atoms with van der Waals surface area (Å²) >= 11 is 0. The van der Waals surface area contributed by atoms with Crippen LogP contribution in [0.3, 0.4) is 0 Å². The number of ether oxygens (including phenoxy) is 3. The first-order chi connectivity index (χ1) is 8.69. The van der Waals surface area contributed by atoms with E-state index in [-0.39, 0.29) is 23.7 Å². The zero-order valence-corrected chi connectivity index (χ0v) is 10.8. The highest BCUT2D eigenvalue weighted by atomic mass is 16.5. The van der Waals surface area contributed by atoms with Gasteiger partial charge < -0.3 is 25.3 Å². The van der Waals surface area contributed by atoms with Gasteiger partial charge in [-0.2, -0.15) is 0 Å². The van der Waals surface area contributed by atoms with E-state index in [1.807, 2.05) is 0 Å². The molecule has 3 N–H and O–H groups in total. The summed E-state index contributed by atoms with van der Waals surface area (Å²) in [6, 6.07) is 0. The normalized spacial score (nSPS) is 35.9. The minimum atomic E-state index is -0.373. The van der Waals surface area contributed by atoms with E-state index in [2.05, 4.69) is 5.32 Å². The van der Waals surface area contributed by atoms with Crippen LogP contribution in [-0.4, -0.2) is 57.1 Å². The van der Waals surface area contributed by atoms with Crippen molar-refractivity contribution in [3.8, 4) is 0 Å². The molecule has 2 fully saturated rings. The Morgan fingerprint density at radius 1 is 1.56 bits per heavy atom. The van der Waals surface area contributed by atoms with Crippen molar-refractivity contribution in [2.45, 2.75) is 37.1 Å². The second-order valence-corrected chi connectivity index (χ2v) is 4.97. The van der Waals surface area contributed by atoms with E-state index in [1.54, 1.807) is 7.11 Å². The Kier molecular flexibility index (Phi) is 4.55. The van der Waals surface area contributed by atoms with E-state index in [1.165, 1.54) is 0 Å². The number of hydrogen-bond acceptors (Lipinski definition) is 5. The quantitative estimate of drug-likeness (QED) is 0.689. The summed E-state index contributed by atoms with van der Waals surface area (Å²) in [7, 11) is 1.65. The van der Waals surface area contributed by atoms with E-state index < -0.39 is 0 Å². The number of amides is 1. The van der Waals surface area contributed by atoms with Gasteiger partial charge in [-0.15, -0.1) is 0 Å². The molecule has 18 heavy (non-hydrogen) atoms. The van der Waals surface area contributed by atoms with Gasteiger partial charge >= 0.3 is 0 Å². The summed E-state index contributed by atoms with van der Waals surface area (Å²) in [5, 5.41) is 2.89. The van der Waals surface area contributed by atoms with Gasteiger partial charge in [0.25, 0.3) is 0 Å². The lowest BCUT2D eigenvalue weighted by atomic mass is 10.0. The molecule has 0 aromatic rings. The second-order valence-electron chi connectivity index (χ2n) is 4.97. The minimum Gasteiger partial charge on any atom is -0.378 e. The third-order valence-corrected chi connectivity index (χ3v) is 3.75. The molecule has 2 heterocycles. The average Bonchev–Trinajstić information content (AvgIpc) is 3.05. The van der Waals surface area contributed by atoms with Crippen LogP contribution in [0, 0.1) is 0 Å². The number of carbonyl (C=O) groups excluding carboxylic acids is 1. The summed E-state index contributed by atoms with van der Waals surface area (Å²) in [6.07, 6.45) is 2.06. The standard InChI is InChI=1S/C12H22N2O4/c1-16-12(4-5-17-8-12)7-14-11(15)10-3-2-9(6-13)18-10/h9-10H,2-8,13H2,1H3,(H,14,15). The van der Waals surface area contributed by atoms with Gasteiger partial charge in [0.05, 0.1) is 12.7 Å². The summed E-state index contributed by atoms with van der Waals surface area (Å²) in [5.74, 6) is -0.0747. The van der Waals surface area contributed by atoms with E-state index in [9.17, 15) is 4.79 Å². The lowest BCUT2D eigenvalue weighted by Crippen LogP contribution is -2.47. The smallest absolute Gasteiger partial charge is 0.249 e. The summed E-state index contributed by atoms with van der Waals surface area (Å²) in [6.45, 7) is 2.15. The number of nitrogens with one attached hydrogen (secondary N) is 1. The highest BCUT2D eigenvalue weighted by Gasteiger charge is 2.37. The summed E-state index contributed by atoms with van der Waals surface area (Å²) in [4.78, 5) is 11.9. The van der Waals surface area contributed by atoms with Crippen LogP contribution in [0.2, 0.25) is 0 Å². The van der Waals surface area contributed by atoms with Gasteiger partial charge in [-0.05, 0) is 12.8 Å². The predicted molar refractivity (Wildman–Crippen MR) is 65.1 cm³/mol. The van der Waals surface area contributed by atoms with Crippen molar-refractivity contribution in [3.05, 3.63) is 0 Å². The Labute approximate surface area is 107 Å². The third-order valence-electron chi connectivity index (χ3n) is 3.75. The Balaban J connectivity index is 1.78. The van der Waals surface area contributed by atoms with E-state index in [0.29, 0.717) is 26.3 Å². The molecule has 0 radical (unpaired) electrons. The molecule has 0 bridgehead atoms. The van der Waals surface area contributed by atoms with Crippen LogP contribution in [0.25, 0.3) is 0 Å². The molecule has 0 aromatic heterocycles. The maximum absolute atomic E-state index is 11.9.